The number of halogens is 2. The maximum atomic E-state index is 11.4. The summed E-state index contributed by atoms with van der Waals surface area (Å²) in [5.74, 6) is 0.810. The van der Waals surface area contributed by atoms with Gasteiger partial charge in [-0.05, 0) is 69.0 Å². The fourth-order valence-electron chi connectivity index (χ4n) is 1.53. The van der Waals surface area contributed by atoms with E-state index in [0.717, 1.165) is 18.5 Å². The maximum Gasteiger partial charge on any atom is 0.363 e. The third-order valence-corrected chi connectivity index (χ3v) is 3.86. The predicted octanol–water partition coefficient (Wildman–Crippen LogP) is 3.22. The van der Waals surface area contributed by atoms with Crippen LogP contribution in [0.5, 0.6) is 5.75 Å². The molecule has 0 bridgehead atoms. The molecular weight excluding hydrogens is 460 g/mol. The van der Waals surface area contributed by atoms with E-state index >= 15 is 0 Å². The number of benzene rings is 1. The monoisotopic (exact) mass is 469 g/mol. The molecule has 1 aromatic carbocycles. The second-order valence-corrected chi connectivity index (χ2v) is 5.89. The molecule has 0 saturated carbocycles. The lowest BCUT2D eigenvalue weighted by Crippen LogP contribution is -2.00. The first kappa shape index (κ1) is 13.8. The van der Waals surface area contributed by atoms with Gasteiger partial charge in [0.15, 0.2) is 11.6 Å². The Hall–Kier alpha value is -0.640. The van der Waals surface area contributed by atoms with Crippen LogP contribution in [0, 0.1) is 7.14 Å². The van der Waals surface area contributed by atoms with E-state index in [1.54, 1.807) is 20.1 Å². The molecule has 4 nitrogen and oxygen atoms in total. The molecule has 0 unspecified atom stereocenters. The zero-order valence-electron chi connectivity index (χ0n) is 9.66. The lowest BCUT2D eigenvalue weighted by molar-refractivity contribution is -0.130. The van der Waals surface area contributed by atoms with Crippen molar-refractivity contribution in [2.24, 2.45) is 4.99 Å². The Morgan fingerprint density at radius 3 is 2.39 bits per heavy atom. The topological polar surface area (TPSA) is 47.9 Å². The van der Waals surface area contributed by atoms with E-state index in [0.29, 0.717) is 11.6 Å². The number of hydrogen-bond acceptors (Lipinski definition) is 4. The highest BCUT2D eigenvalue weighted by Gasteiger charge is 2.19. The van der Waals surface area contributed by atoms with E-state index in [9.17, 15) is 4.79 Å². The highest BCUT2D eigenvalue weighted by Crippen LogP contribution is 2.29. The summed E-state index contributed by atoms with van der Waals surface area (Å²) in [5, 5.41) is 0. The molecule has 0 aliphatic carbocycles. The molecule has 1 aliphatic heterocycles. The molecule has 0 amide bonds. The zero-order chi connectivity index (χ0) is 13.3. The fourth-order valence-corrected chi connectivity index (χ4v) is 3.79. The van der Waals surface area contributed by atoms with Crippen molar-refractivity contribution in [3.63, 3.8) is 0 Å². The summed E-state index contributed by atoms with van der Waals surface area (Å²) in [6.07, 6.45) is 1.71. The second kappa shape index (κ2) is 5.55. The van der Waals surface area contributed by atoms with Crippen LogP contribution in [-0.2, 0) is 9.53 Å². The molecule has 2 rings (SSSR count). The Balaban J connectivity index is 2.42. The summed E-state index contributed by atoms with van der Waals surface area (Å²) < 4.78 is 12.1. The van der Waals surface area contributed by atoms with Gasteiger partial charge in [-0.25, -0.2) is 9.79 Å². The molecule has 0 atom stereocenters. The number of methoxy groups -OCH3 is 1. The average molecular weight is 469 g/mol. The largest absolute Gasteiger partial charge is 0.495 e. The van der Waals surface area contributed by atoms with Gasteiger partial charge in [0.05, 0.1) is 14.3 Å². The van der Waals surface area contributed by atoms with Gasteiger partial charge in [0.2, 0.25) is 0 Å². The Kier molecular flexibility index (Phi) is 4.25. The van der Waals surface area contributed by atoms with Crippen molar-refractivity contribution in [3.8, 4) is 5.75 Å². The Morgan fingerprint density at radius 1 is 1.33 bits per heavy atom. The molecule has 18 heavy (non-hydrogen) atoms. The molecule has 1 heterocycles. The highest BCUT2D eigenvalue weighted by molar-refractivity contribution is 14.1. The normalized spacial score (nSPS) is 16.8. The molecule has 6 heteroatoms. The number of ether oxygens (including phenoxy) is 2. The minimum atomic E-state index is -0.409. The van der Waals surface area contributed by atoms with Gasteiger partial charge in [-0.1, -0.05) is 0 Å². The van der Waals surface area contributed by atoms with Crippen LogP contribution in [-0.4, -0.2) is 19.0 Å². The number of rotatable bonds is 2. The highest BCUT2D eigenvalue weighted by atomic mass is 127. The molecule has 0 fully saturated rings. The summed E-state index contributed by atoms with van der Waals surface area (Å²) in [6, 6.07) is 3.87. The van der Waals surface area contributed by atoms with Crippen molar-refractivity contribution in [1.82, 2.24) is 0 Å². The molecule has 0 N–H and O–H groups in total. The van der Waals surface area contributed by atoms with Gasteiger partial charge in [-0.15, -0.1) is 0 Å². The molecular formula is C12H9I2NO3. The molecule has 0 aromatic heterocycles. The second-order valence-electron chi connectivity index (χ2n) is 3.57. The van der Waals surface area contributed by atoms with Crippen molar-refractivity contribution >= 4 is 63.1 Å². The first-order valence-corrected chi connectivity index (χ1v) is 7.19. The van der Waals surface area contributed by atoms with Gasteiger partial charge in [0.1, 0.15) is 5.75 Å². The smallest absolute Gasteiger partial charge is 0.363 e. The summed E-state index contributed by atoms with van der Waals surface area (Å²) in [7, 11) is 1.64. The lowest BCUT2D eigenvalue weighted by atomic mass is 10.2. The Morgan fingerprint density at radius 2 is 1.94 bits per heavy atom. The standard InChI is InChI=1S/C12H9I2NO3/c1-6-15-10(12(16)18-6)5-7-3-8(13)11(17-2)9(14)4-7/h3-5H,1-2H3/b10-5+. The quantitative estimate of drug-likeness (QED) is 0.380. The van der Waals surface area contributed by atoms with Gasteiger partial charge >= 0.3 is 5.97 Å². The van der Waals surface area contributed by atoms with Crippen LogP contribution in [0.25, 0.3) is 6.08 Å². The number of nitrogens with zero attached hydrogens (tertiary/aromatic N) is 1. The van der Waals surface area contributed by atoms with Crippen molar-refractivity contribution in [2.45, 2.75) is 6.92 Å². The summed E-state index contributed by atoms with van der Waals surface area (Å²) >= 11 is 4.39. The number of hydrogen-bond donors (Lipinski definition) is 0. The molecule has 0 saturated heterocycles. The summed E-state index contributed by atoms with van der Waals surface area (Å²) in [4.78, 5) is 15.5. The number of cyclic esters (lactones) is 1. The summed E-state index contributed by atoms with van der Waals surface area (Å²) in [6.45, 7) is 1.65. The molecule has 0 radical (unpaired) electrons. The van der Waals surface area contributed by atoms with Crippen LogP contribution in [0.2, 0.25) is 0 Å². The third-order valence-electron chi connectivity index (χ3n) is 2.26. The van der Waals surface area contributed by atoms with Gasteiger partial charge in [-0.3, -0.25) is 0 Å². The third kappa shape index (κ3) is 2.85. The van der Waals surface area contributed by atoms with Crippen LogP contribution in [0.15, 0.2) is 22.8 Å². The minimum absolute atomic E-state index is 0.323. The predicted molar refractivity (Wildman–Crippen MR) is 85.6 cm³/mol. The van der Waals surface area contributed by atoms with Gasteiger partial charge in [-0.2, -0.15) is 0 Å². The molecule has 1 aromatic rings. The van der Waals surface area contributed by atoms with Crippen LogP contribution in [0.4, 0.5) is 0 Å². The van der Waals surface area contributed by atoms with Crippen molar-refractivity contribution in [1.29, 1.82) is 0 Å². The van der Waals surface area contributed by atoms with Gasteiger partial charge in [0, 0.05) is 6.92 Å². The minimum Gasteiger partial charge on any atom is -0.495 e. The zero-order valence-corrected chi connectivity index (χ0v) is 14.0. The van der Waals surface area contributed by atoms with Crippen LogP contribution < -0.4 is 4.74 Å². The number of esters is 1. The number of carbonyl (C=O) groups is 1. The average Bonchev–Trinajstić information content (AvgIpc) is 2.57. The Labute approximate surface area is 132 Å². The first-order valence-electron chi connectivity index (χ1n) is 5.03. The van der Waals surface area contributed by atoms with Gasteiger partial charge < -0.3 is 9.47 Å². The van der Waals surface area contributed by atoms with E-state index in [1.165, 1.54) is 0 Å². The fraction of sp³-hybridized carbons (Fsp3) is 0.167. The van der Waals surface area contributed by atoms with E-state index in [4.69, 9.17) is 9.47 Å². The van der Waals surface area contributed by atoms with E-state index in [2.05, 4.69) is 50.2 Å². The van der Waals surface area contributed by atoms with E-state index in [-0.39, 0.29) is 0 Å². The van der Waals surface area contributed by atoms with Crippen molar-refractivity contribution in [3.05, 3.63) is 30.5 Å². The molecule has 94 valence electrons. The van der Waals surface area contributed by atoms with Crippen LogP contribution in [0.1, 0.15) is 12.5 Å². The lowest BCUT2D eigenvalue weighted by Gasteiger charge is -2.07. The molecule has 1 aliphatic rings. The Bertz CT molecular complexity index is 556. The van der Waals surface area contributed by atoms with Crippen molar-refractivity contribution in [2.75, 3.05) is 7.11 Å². The SMILES string of the molecule is COc1c(I)cc(/C=C2/N=C(C)OC2=O)cc1I. The van der Waals surface area contributed by atoms with E-state index in [1.807, 2.05) is 12.1 Å². The summed E-state index contributed by atoms with van der Waals surface area (Å²) in [5.41, 5.74) is 1.22. The van der Waals surface area contributed by atoms with Crippen LogP contribution in [0.3, 0.4) is 0 Å². The molecule has 0 spiro atoms. The van der Waals surface area contributed by atoms with Gasteiger partial charge in [0.25, 0.3) is 0 Å². The van der Waals surface area contributed by atoms with Crippen molar-refractivity contribution < 1.29 is 14.3 Å². The van der Waals surface area contributed by atoms with E-state index < -0.39 is 5.97 Å². The number of aliphatic imine (C=N–C) groups is 1. The number of carbonyl (C=O) groups excluding carboxylic acids is 1. The maximum absolute atomic E-state index is 11.4. The van der Waals surface area contributed by atoms with Crippen LogP contribution >= 0.6 is 45.2 Å². The first-order chi connectivity index (χ1) is 8.51.